The molecule has 0 saturated heterocycles. The van der Waals surface area contributed by atoms with Gasteiger partial charge in [0.15, 0.2) is 0 Å². The van der Waals surface area contributed by atoms with E-state index in [0.717, 1.165) is 28.7 Å². The number of hydrogen-bond donors (Lipinski definition) is 1. The van der Waals surface area contributed by atoms with Crippen LogP contribution in [0.4, 0.5) is 0 Å². The monoisotopic (exact) mass is 264 g/mol. The number of nitrogens with one attached hydrogen (secondary N) is 1. The molecule has 0 amide bonds. The Morgan fingerprint density at radius 1 is 1.22 bits per heavy atom. The van der Waals surface area contributed by atoms with E-state index in [2.05, 4.69) is 10.3 Å². The van der Waals surface area contributed by atoms with Crippen molar-refractivity contribution in [1.82, 2.24) is 10.3 Å². The van der Waals surface area contributed by atoms with Gasteiger partial charge in [-0.1, -0.05) is 0 Å². The van der Waals surface area contributed by atoms with Crippen molar-refractivity contribution in [2.75, 3.05) is 14.2 Å². The lowest BCUT2D eigenvalue weighted by Crippen LogP contribution is -2.05. The third-order valence-corrected chi connectivity index (χ3v) is 3.27. The van der Waals surface area contributed by atoms with Crippen LogP contribution >= 0.6 is 11.3 Å². The van der Waals surface area contributed by atoms with Gasteiger partial charge in [-0.3, -0.25) is 0 Å². The van der Waals surface area contributed by atoms with Gasteiger partial charge in [0, 0.05) is 11.9 Å². The molecule has 1 N–H and O–H groups in total. The van der Waals surface area contributed by atoms with Crippen molar-refractivity contribution in [1.29, 1.82) is 0 Å². The van der Waals surface area contributed by atoms with Gasteiger partial charge in [0.05, 0.1) is 12.8 Å². The molecule has 96 valence electrons. The lowest BCUT2D eigenvalue weighted by molar-refractivity contribution is 0.301. The molecule has 0 radical (unpaired) electrons. The molecule has 0 atom stereocenters. The molecule has 0 saturated carbocycles. The minimum absolute atomic E-state index is 0.493. The summed E-state index contributed by atoms with van der Waals surface area (Å²) in [6.07, 6.45) is 0. The maximum absolute atomic E-state index is 5.65. The van der Waals surface area contributed by atoms with Gasteiger partial charge in [-0.05, 0) is 31.3 Å². The number of thiazole rings is 1. The fraction of sp³-hybridized carbons (Fsp3) is 0.308. The molecule has 0 aliphatic carbocycles. The Morgan fingerprint density at radius 3 is 2.61 bits per heavy atom. The summed E-state index contributed by atoms with van der Waals surface area (Å²) in [4.78, 5) is 4.46. The van der Waals surface area contributed by atoms with Crippen molar-refractivity contribution in [3.8, 4) is 11.5 Å². The summed E-state index contributed by atoms with van der Waals surface area (Å²) in [5.74, 6) is 1.64. The second-order valence-corrected chi connectivity index (χ2v) is 4.67. The van der Waals surface area contributed by atoms with Gasteiger partial charge >= 0.3 is 0 Å². The molecule has 0 unspecified atom stereocenters. The van der Waals surface area contributed by atoms with Crippen molar-refractivity contribution in [3.05, 3.63) is 40.3 Å². The summed E-state index contributed by atoms with van der Waals surface area (Å²) in [7, 11) is 3.56. The normalized spacial score (nSPS) is 10.3. The highest BCUT2D eigenvalue weighted by Crippen LogP contribution is 2.18. The zero-order valence-corrected chi connectivity index (χ0v) is 11.3. The van der Waals surface area contributed by atoms with Crippen LogP contribution in [0.2, 0.25) is 0 Å². The Labute approximate surface area is 111 Å². The van der Waals surface area contributed by atoms with E-state index >= 15 is 0 Å². The molecule has 0 fully saturated rings. The Kier molecular flexibility index (Phi) is 4.55. The Hall–Kier alpha value is -1.59. The van der Waals surface area contributed by atoms with Crippen LogP contribution in [-0.2, 0) is 13.2 Å². The van der Waals surface area contributed by atoms with Gasteiger partial charge < -0.3 is 14.8 Å². The lowest BCUT2D eigenvalue weighted by atomic mass is 10.3. The van der Waals surface area contributed by atoms with Crippen LogP contribution in [0, 0.1) is 0 Å². The summed E-state index contributed by atoms with van der Waals surface area (Å²) in [6.45, 7) is 1.29. The SMILES string of the molecule is CNCc1nc(COc2ccc(OC)cc2)cs1. The van der Waals surface area contributed by atoms with Crippen molar-refractivity contribution in [3.63, 3.8) is 0 Å². The van der Waals surface area contributed by atoms with E-state index in [0.29, 0.717) is 6.61 Å². The topological polar surface area (TPSA) is 43.4 Å². The number of methoxy groups -OCH3 is 1. The minimum Gasteiger partial charge on any atom is -0.497 e. The first-order chi connectivity index (χ1) is 8.81. The fourth-order valence-corrected chi connectivity index (χ4v) is 2.27. The molecule has 1 aromatic carbocycles. The van der Waals surface area contributed by atoms with Crippen LogP contribution in [0.3, 0.4) is 0 Å². The molecule has 0 aliphatic heterocycles. The summed E-state index contributed by atoms with van der Waals surface area (Å²) >= 11 is 1.64. The van der Waals surface area contributed by atoms with Gasteiger partial charge in [-0.2, -0.15) is 0 Å². The molecule has 1 heterocycles. The number of benzene rings is 1. The van der Waals surface area contributed by atoms with Gasteiger partial charge in [0.25, 0.3) is 0 Å². The number of aromatic nitrogens is 1. The summed E-state index contributed by atoms with van der Waals surface area (Å²) in [5, 5.41) is 6.18. The third kappa shape index (κ3) is 3.45. The molecule has 5 heteroatoms. The van der Waals surface area contributed by atoms with E-state index in [4.69, 9.17) is 9.47 Å². The molecule has 0 spiro atoms. The van der Waals surface area contributed by atoms with Crippen molar-refractivity contribution in [2.24, 2.45) is 0 Å². The van der Waals surface area contributed by atoms with Crippen molar-refractivity contribution < 1.29 is 9.47 Å². The Balaban J connectivity index is 1.89. The van der Waals surface area contributed by atoms with E-state index in [1.165, 1.54) is 0 Å². The summed E-state index contributed by atoms with van der Waals surface area (Å²) in [6, 6.07) is 7.53. The third-order valence-electron chi connectivity index (χ3n) is 2.37. The van der Waals surface area contributed by atoms with Crippen LogP contribution in [-0.4, -0.2) is 19.1 Å². The molecule has 0 bridgehead atoms. The van der Waals surface area contributed by atoms with Gasteiger partial charge in [0.1, 0.15) is 23.1 Å². The second-order valence-electron chi connectivity index (χ2n) is 3.73. The van der Waals surface area contributed by atoms with Gasteiger partial charge in [-0.25, -0.2) is 4.98 Å². The smallest absolute Gasteiger partial charge is 0.131 e. The number of hydrogen-bond acceptors (Lipinski definition) is 5. The maximum Gasteiger partial charge on any atom is 0.131 e. The fourth-order valence-electron chi connectivity index (χ4n) is 1.48. The zero-order valence-electron chi connectivity index (χ0n) is 10.5. The van der Waals surface area contributed by atoms with Crippen LogP contribution in [0.15, 0.2) is 29.6 Å². The van der Waals surface area contributed by atoms with E-state index in [-0.39, 0.29) is 0 Å². The lowest BCUT2D eigenvalue weighted by Gasteiger charge is -2.05. The minimum atomic E-state index is 0.493. The number of nitrogens with zero attached hydrogens (tertiary/aromatic N) is 1. The summed E-state index contributed by atoms with van der Waals surface area (Å²) in [5.41, 5.74) is 0.959. The van der Waals surface area contributed by atoms with E-state index < -0.39 is 0 Å². The number of ether oxygens (including phenoxy) is 2. The molecule has 1 aromatic heterocycles. The average molecular weight is 264 g/mol. The molecular formula is C13H16N2O2S. The van der Waals surface area contributed by atoms with Crippen molar-refractivity contribution >= 4 is 11.3 Å². The second kappa shape index (κ2) is 6.37. The molecule has 4 nitrogen and oxygen atoms in total. The Bertz CT molecular complexity index is 482. The first-order valence-electron chi connectivity index (χ1n) is 5.66. The van der Waals surface area contributed by atoms with Crippen LogP contribution in [0.5, 0.6) is 11.5 Å². The van der Waals surface area contributed by atoms with E-state index in [9.17, 15) is 0 Å². The van der Waals surface area contributed by atoms with Crippen LogP contribution in [0.25, 0.3) is 0 Å². The van der Waals surface area contributed by atoms with Crippen LogP contribution < -0.4 is 14.8 Å². The van der Waals surface area contributed by atoms with Gasteiger partial charge in [-0.15, -0.1) is 11.3 Å². The molecule has 2 rings (SSSR count). The van der Waals surface area contributed by atoms with Gasteiger partial charge in [0.2, 0.25) is 0 Å². The summed E-state index contributed by atoms with van der Waals surface area (Å²) < 4.78 is 10.7. The Morgan fingerprint density at radius 2 is 1.94 bits per heavy atom. The zero-order chi connectivity index (χ0) is 12.8. The maximum atomic E-state index is 5.65. The first kappa shape index (κ1) is 12.9. The molecular weight excluding hydrogens is 248 g/mol. The number of rotatable bonds is 6. The largest absolute Gasteiger partial charge is 0.497 e. The highest BCUT2D eigenvalue weighted by atomic mass is 32.1. The highest BCUT2D eigenvalue weighted by Gasteiger charge is 2.02. The average Bonchev–Trinajstić information content (AvgIpc) is 2.85. The first-order valence-corrected chi connectivity index (χ1v) is 6.54. The highest BCUT2D eigenvalue weighted by molar-refractivity contribution is 7.09. The van der Waals surface area contributed by atoms with E-state index in [1.807, 2.05) is 36.7 Å². The molecule has 0 aliphatic rings. The molecule has 18 heavy (non-hydrogen) atoms. The predicted octanol–water partition coefficient (Wildman–Crippen LogP) is 2.45. The van der Waals surface area contributed by atoms with Crippen LogP contribution in [0.1, 0.15) is 10.7 Å². The van der Waals surface area contributed by atoms with Crippen molar-refractivity contribution in [2.45, 2.75) is 13.2 Å². The van der Waals surface area contributed by atoms with E-state index in [1.54, 1.807) is 18.4 Å². The standard InChI is InChI=1S/C13H16N2O2S/c1-14-7-13-15-10(9-18-13)8-17-12-5-3-11(16-2)4-6-12/h3-6,9,14H,7-8H2,1-2H3. The quantitative estimate of drug-likeness (QED) is 0.870. The molecule has 2 aromatic rings. The predicted molar refractivity (Wildman–Crippen MR) is 72.2 cm³/mol.